The van der Waals surface area contributed by atoms with Gasteiger partial charge in [-0.05, 0) is 33.3 Å². The summed E-state index contributed by atoms with van der Waals surface area (Å²) in [7, 11) is -2.81. The van der Waals surface area contributed by atoms with E-state index in [4.69, 9.17) is 4.43 Å². The quantitative estimate of drug-likeness (QED) is 0.392. The van der Waals surface area contributed by atoms with Gasteiger partial charge in [-0.2, -0.15) is 0 Å². The first-order chi connectivity index (χ1) is 14.9. The van der Waals surface area contributed by atoms with Crippen LogP contribution in [-0.2, 0) is 14.0 Å². The van der Waals surface area contributed by atoms with Gasteiger partial charge in [0.25, 0.3) is 8.32 Å². The zero-order valence-corrected chi connectivity index (χ0v) is 21.2. The Morgan fingerprint density at radius 1 is 0.968 bits per heavy atom. The number of carbonyl (C=O) groups is 2. The van der Waals surface area contributed by atoms with Crippen molar-refractivity contribution >= 4 is 54.8 Å². The molecule has 0 radical (unpaired) electrons. The first-order valence-electron chi connectivity index (χ1n) is 10.8. The molecule has 0 N–H and O–H groups in total. The first-order valence-corrected chi connectivity index (χ1v) is 14.7. The Kier molecular flexibility index (Phi) is 8.24. The van der Waals surface area contributed by atoms with Crippen molar-refractivity contribution in [3.63, 3.8) is 0 Å². The van der Waals surface area contributed by atoms with Crippen molar-refractivity contribution in [2.45, 2.75) is 55.3 Å². The van der Waals surface area contributed by atoms with E-state index in [1.165, 1.54) is 0 Å². The van der Waals surface area contributed by atoms with E-state index in [9.17, 15) is 9.59 Å². The third-order valence-corrected chi connectivity index (χ3v) is 14.3. The molecule has 0 aliphatic carbocycles. The monoisotopic (exact) mass is 472 g/mol. The van der Waals surface area contributed by atoms with Gasteiger partial charge in [-0.15, -0.1) is 23.5 Å². The molecule has 1 fully saturated rings. The highest BCUT2D eigenvalue weighted by atomic mass is 32.2. The molecule has 0 amide bonds. The van der Waals surface area contributed by atoms with Crippen LogP contribution in [0.4, 0.5) is 0 Å². The molecule has 1 aliphatic heterocycles. The zero-order chi connectivity index (χ0) is 22.4. The van der Waals surface area contributed by atoms with E-state index >= 15 is 0 Å². The van der Waals surface area contributed by atoms with E-state index in [-0.39, 0.29) is 9.12 Å². The molecule has 166 valence electrons. The molecule has 1 saturated heterocycles. The summed E-state index contributed by atoms with van der Waals surface area (Å²) in [5.41, 5.74) is 0. The Bertz CT molecular complexity index is 807. The Morgan fingerprint density at radius 3 is 1.90 bits per heavy atom. The topological polar surface area (TPSA) is 43.4 Å². The van der Waals surface area contributed by atoms with Crippen molar-refractivity contribution in [3.05, 3.63) is 60.7 Å². The molecule has 31 heavy (non-hydrogen) atoms. The maximum absolute atomic E-state index is 12.4. The van der Waals surface area contributed by atoms with E-state index in [1.54, 1.807) is 0 Å². The molecule has 0 aromatic heterocycles. The van der Waals surface area contributed by atoms with Crippen molar-refractivity contribution in [2.24, 2.45) is 0 Å². The minimum absolute atomic E-state index is 0.193. The lowest BCUT2D eigenvalue weighted by molar-refractivity contribution is -0.115. The zero-order valence-electron chi connectivity index (χ0n) is 18.6. The maximum Gasteiger partial charge on any atom is 0.262 e. The first kappa shape index (κ1) is 24.3. The number of hydrogen-bond donors (Lipinski definition) is 0. The summed E-state index contributed by atoms with van der Waals surface area (Å²) in [5.74, 6) is 2.04. The van der Waals surface area contributed by atoms with E-state index in [0.29, 0.717) is 12.8 Å². The Labute approximate surface area is 195 Å². The fourth-order valence-electron chi connectivity index (χ4n) is 4.41. The van der Waals surface area contributed by atoms with Crippen LogP contribution in [0.1, 0.15) is 40.0 Å². The molecule has 6 heteroatoms. The predicted octanol–water partition coefficient (Wildman–Crippen LogP) is 4.68. The summed E-state index contributed by atoms with van der Waals surface area (Å²) in [5, 5.41) is 2.13. The smallest absolute Gasteiger partial charge is 0.262 e. The molecular weight excluding hydrogens is 440 g/mol. The van der Waals surface area contributed by atoms with Crippen LogP contribution in [0.2, 0.25) is 5.04 Å². The molecule has 1 heterocycles. The van der Waals surface area contributed by atoms with Gasteiger partial charge in [0.2, 0.25) is 0 Å². The number of aldehydes is 2. The van der Waals surface area contributed by atoms with Crippen LogP contribution in [-0.4, -0.2) is 42.6 Å². The van der Waals surface area contributed by atoms with Crippen LogP contribution in [0.5, 0.6) is 0 Å². The third kappa shape index (κ3) is 5.36. The molecule has 0 saturated carbocycles. The summed E-state index contributed by atoms with van der Waals surface area (Å²) in [4.78, 5) is 23.9. The number of hydrogen-bond acceptors (Lipinski definition) is 5. The minimum Gasteiger partial charge on any atom is -0.398 e. The van der Waals surface area contributed by atoms with Gasteiger partial charge in [-0.3, -0.25) is 0 Å². The van der Waals surface area contributed by atoms with Crippen LogP contribution in [0, 0.1) is 0 Å². The lowest BCUT2D eigenvalue weighted by Crippen LogP contribution is -2.68. The van der Waals surface area contributed by atoms with Crippen molar-refractivity contribution in [1.29, 1.82) is 0 Å². The van der Waals surface area contributed by atoms with Crippen LogP contribution in [0.25, 0.3) is 0 Å². The van der Waals surface area contributed by atoms with Gasteiger partial charge in [-0.1, -0.05) is 81.4 Å². The second-order valence-electron chi connectivity index (χ2n) is 8.99. The Morgan fingerprint density at radius 2 is 1.48 bits per heavy atom. The summed E-state index contributed by atoms with van der Waals surface area (Å²) < 4.78 is 6.75. The van der Waals surface area contributed by atoms with Gasteiger partial charge < -0.3 is 14.0 Å². The van der Waals surface area contributed by atoms with E-state index in [0.717, 1.165) is 40.9 Å². The summed E-state index contributed by atoms with van der Waals surface area (Å²) in [6.07, 6.45) is 3.52. The second kappa shape index (κ2) is 10.5. The van der Waals surface area contributed by atoms with Gasteiger partial charge in [0.1, 0.15) is 18.7 Å². The van der Waals surface area contributed by atoms with Gasteiger partial charge in [-0.25, -0.2) is 0 Å². The van der Waals surface area contributed by atoms with Crippen molar-refractivity contribution in [2.75, 3.05) is 11.5 Å². The SMILES string of the molecule is CC(C)(C)[Si](O[C@H](C=O)CC1(CC=O)SCCCS1)(c1ccccc1)c1ccccc1. The lowest BCUT2D eigenvalue weighted by Gasteiger charge is -2.46. The van der Waals surface area contributed by atoms with Crippen LogP contribution < -0.4 is 10.4 Å². The van der Waals surface area contributed by atoms with E-state index in [1.807, 2.05) is 59.9 Å². The standard InChI is InChI=1S/C25H32O3S2Si/c1-24(2,3)31(22-11-6-4-7-12-22,23-13-8-5-9-14-23)28-21(20-27)19-25(15-16-26)29-17-10-18-30-25/h4-9,11-14,16,20-21H,10,15,17-19H2,1-3H3/t21-/m0/s1. The second-order valence-corrected chi connectivity index (χ2v) is 16.5. The fourth-order valence-corrected chi connectivity index (χ4v) is 12.3. The van der Waals surface area contributed by atoms with Crippen LogP contribution >= 0.6 is 23.5 Å². The highest BCUT2D eigenvalue weighted by molar-refractivity contribution is 8.18. The number of benzene rings is 2. The number of carbonyl (C=O) groups excluding carboxylic acids is 2. The van der Waals surface area contributed by atoms with Crippen LogP contribution in [0.15, 0.2) is 60.7 Å². The molecule has 0 spiro atoms. The summed E-state index contributed by atoms with van der Waals surface area (Å²) in [6, 6.07) is 20.8. The number of rotatable bonds is 9. The minimum atomic E-state index is -2.81. The molecule has 2 aromatic rings. The van der Waals surface area contributed by atoms with Crippen molar-refractivity contribution < 1.29 is 14.0 Å². The molecule has 3 nitrogen and oxygen atoms in total. The van der Waals surface area contributed by atoms with Gasteiger partial charge in [0, 0.05) is 12.8 Å². The largest absolute Gasteiger partial charge is 0.398 e. The predicted molar refractivity (Wildman–Crippen MR) is 136 cm³/mol. The highest BCUT2D eigenvalue weighted by Crippen LogP contribution is 2.48. The molecule has 2 aromatic carbocycles. The maximum atomic E-state index is 12.4. The molecule has 0 unspecified atom stereocenters. The lowest BCUT2D eigenvalue weighted by atomic mass is 10.1. The van der Waals surface area contributed by atoms with Crippen molar-refractivity contribution in [3.8, 4) is 0 Å². The van der Waals surface area contributed by atoms with E-state index < -0.39 is 14.4 Å². The van der Waals surface area contributed by atoms with E-state index in [2.05, 4.69) is 45.0 Å². The van der Waals surface area contributed by atoms with Crippen molar-refractivity contribution in [1.82, 2.24) is 0 Å². The summed E-state index contributed by atoms with van der Waals surface area (Å²) >= 11 is 3.62. The third-order valence-electron chi connectivity index (χ3n) is 5.82. The molecule has 1 aliphatic rings. The molecule has 0 bridgehead atoms. The molecule has 1 atom stereocenters. The summed E-state index contributed by atoms with van der Waals surface area (Å²) in [6.45, 7) is 6.64. The normalized spacial score (nSPS) is 17.6. The van der Waals surface area contributed by atoms with Gasteiger partial charge in [0.05, 0.1) is 4.08 Å². The Hall–Kier alpha value is -1.34. The molecule has 3 rings (SSSR count). The van der Waals surface area contributed by atoms with Crippen LogP contribution in [0.3, 0.4) is 0 Å². The van der Waals surface area contributed by atoms with Gasteiger partial charge >= 0.3 is 0 Å². The molecular formula is C25H32O3S2Si. The average Bonchev–Trinajstić information content (AvgIpc) is 2.78. The fraction of sp³-hybridized carbons (Fsp3) is 0.440. The highest BCUT2D eigenvalue weighted by Gasteiger charge is 2.52. The average molecular weight is 473 g/mol. The Balaban J connectivity index is 2.07. The number of thioether (sulfide) groups is 2. The van der Waals surface area contributed by atoms with Gasteiger partial charge in [0.15, 0.2) is 0 Å².